The van der Waals surface area contributed by atoms with Gasteiger partial charge in [0.25, 0.3) is 0 Å². The largest absolute Gasteiger partial charge is 0.326 e. The van der Waals surface area contributed by atoms with Crippen molar-refractivity contribution in [2.75, 3.05) is 16.8 Å². The van der Waals surface area contributed by atoms with Crippen molar-refractivity contribution < 1.29 is 9.59 Å². The quantitative estimate of drug-likeness (QED) is 0.918. The number of aryl methyl sites for hydroxylation is 2. The van der Waals surface area contributed by atoms with E-state index in [2.05, 4.69) is 11.4 Å². The summed E-state index contributed by atoms with van der Waals surface area (Å²) in [5.41, 5.74) is 3.73. The number of hydrogen-bond acceptors (Lipinski definition) is 2. The molecule has 1 saturated heterocycles. The highest BCUT2D eigenvalue weighted by Gasteiger charge is 2.35. The summed E-state index contributed by atoms with van der Waals surface area (Å²) in [6.45, 7) is 4.37. The average molecular weight is 343 g/mol. The Morgan fingerprint density at radius 1 is 1.12 bits per heavy atom. The molecule has 124 valence electrons. The molecule has 4 nitrogen and oxygen atoms in total. The number of carbonyl (C=O) groups is 2. The van der Waals surface area contributed by atoms with E-state index in [1.807, 2.05) is 26.0 Å². The lowest BCUT2D eigenvalue weighted by molar-refractivity contribution is -0.122. The van der Waals surface area contributed by atoms with Gasteiger partial charge in [-0.15, -0.1) is 0 Å². The Morgan fingerprint density at radius 3 is 2.38 bits per heavy atom. The summed E-state index contributed by atoms with van der Waals surface area (Å²) in [7, 11) is 0. The van der Waals surface area contributed by atoms with Crippen LogP contribution in [0.5, 0.6) is 0 Å². The first-order chi connectivity index (χ1) is 11.4. The molecule has 1 fully saturated rings. The Balaban J connectivity index is 1.70. The van der Waals surface area contributed by atoms with E-state index in [1.54, 1.807) is 29.2 Å². The van der Waals surface area contributed by atoms with Gasteiger partial charge in [-0.3, -0.25) is 9.59 Å². The number of amides is 2. The Labute approximate surface area is 146 Å². The van der Waals surface area contributed by atoms with Crippen molar-refractivity contribution in [2.24, 2.45) is 5.92 Å². The van der Waals surface area contributed by atoms with Gasteiger partial charge in [0, 0.05) is 29.4 Å². The molecule has 1 aliphatic heterocycles. The predicted molar refractivity (Wildman–Crippen MR) is 96.5 cm³/mol. The van der Waals surface area contributed by atoms with Crippen molar-refractivity contribution in [1.82, 2.24) is 0 Å². The number of carbonyl (C=O) groups excluding carboxylic acids is 2. The van der Waals surface area contributed by atoms with Crippen LogP contribution < -0.4 is 10.2 Å². The zero-order valence-corrected chi connectivity index (χ0v) is 14.4. The number of anilines is 2. The van der Waals surface area contributed by atoms with Crippen molar-refractivity contribution in [1.29, 1.82) is 0 Å². The lowest BCUT2D eigenvalue weighted by atomic mass is 10.1. The van der Waals surface area contributed by atoms with E-state index >= 15 is 0 Å². The molecule has 3 rings (SSSR count). The van der Waals surface area contributed by atoms with Crippen LogP contribution in [0.25, 0.3) is 0 Å². The van der Waals surface area contributed by atoms with E-state index in [0.29, 0.717) is 11.6 Å². The Bertz CT molecular complexity index is 766. The van der Waals surface area contributed by atoms with Crippen LogP contribution >= 0.6 is 11.6 Å². The Kier molecular flexibility index (Phi) is 4.58. The number of halogens is 1. The fourth-order valence-electron chi connectivity index (χ4n) is 3.04. The molecule has 0 unspecified atom stereocenters. The SMILES string of the molecule is Cc1cc(C)cc(NC(=O)[C@H]2CC(=O)N(c3ccc(Cl)cc3)C2)c1. The second-order valence-corrected chi connectivity index (χ2v) is 6.68. The number of nitrogens with one attached hydrogen (secondary N) is 1. The van der Waals surface area contributed by atoms with Crippen LogP contribution in [0.4, 0.5) is 11.4 Å². The molecule has 0 bridgehead atoms. The Hall–Kier alpha value is -2.33. The van der Waals surface area contributed by atoms with Crippen molar-refractivity contribution in [2.45, 2.75) is 20.3 Å². The van der Waals surface area contributed by atoms with Crippen LogP contribution in [0.2, 0.25) is 5.02 Å². The van der Waals surface area contributed by atoms with E-state index in [-0.39, 0.29) is 24.2 Å². The zero-order valence-electron chi connectivity index (χ0n) is 13.7. The fourth-order valence-corrected chi connectivity index (χ4v) is 3.17. The standard InChI is InChI=1S/C19H19ClN2O2/c1-12-7-13(2)9-16(8-12)21-19(24)14-10-18(23)22(11-14)17-5-3-15(20)4-6-17/h3-9,14H,10-11H2,1-2H3,(H,21,24)/t14-/m0/s1. The van der Waals surface area contributed by atoms with Crippen LogP contribution in [0.3, 0.4) is 0 Å². The average Bonchev–Trinajstić information content (AvgIpc) is 2.89. The first-order valence-corrected chi connectivity index (χ1v) is 8.25. The van der Waals surface area contributed by atoms with Gasteiger partial charge < -0.3 is 10.2 Å². The fraction of sp³-hybridized carbons (Fsp3) is 0.263. The third-order valence-corrected chi connectivity index (χ3v) is 4.38. The van der Waals surface area contributed by atoms with Crippen LogP contribution in [-0.4, -0.2) is 18.4 Å². The molecule has 0 aromatic heterocycles. The van der Waals surface area contributed by atoms with Crippen molar-refractivity contribution >= 4 is 34.8 Å². The lowest BCUT2D eigenvalue weighted by Crippen LogP contribution is -2.28. The normalized spacial score (nSPS) is 17.2. The third kappa shape index (κ3) is 3.60. The third-order valence-electron chi connectivity index (χ3n) is 4.12. The molecule has 1 heterocycles. The van der Waals surface area contributed by atoms with Crippen molar-refractivity contribution in [3.8, 4) is 0 Å². The summed E-state index contributed by atoms with van der Waals surface area (Å²) in [6.07, 6.45) is 0.221. The molecule has 2 amide bonds. The van der Waals surface area contributed by atoms with Gasteiger partial charge in [-0.2, -0.15) is 0 Å². The highest BCUT2D eigenvalue weighted by atomic mass is 35.5. The monoisotopic (exact) mass is 342 g/mol. The van der Waals surface area contributed by atoms with Gasteiger partial charge in [-0.05, 0) is 61.4 Å². The highest BCUT2D eigenvalue weighted by Crippen LogP contribution is 2.27. The van der Waals surface area contributed by atoms with Crippen LogP contribution in [0.1, 0.15) is 17.5 Å². The number of nitrogens with zero attached hydrogens (tertiary/aromatic N) is 1. The van der Waals surface area contributed by atoms with Crippen molar-refractivity contribution in [3.63, 3.8) is 0 Å². The summed E-state index contributed by atoms with van der Waals surface area (Å²) in [4.78, 5) is 26.4. The molecule has 2 aromatic carbocycles. The minimum absolute atomic E-state index is 0.0436. The molecular formula is C19H19ClN2O2. The lowest BCUT2D eigenvalue weighted by Gasteiger charge is -2.17. The van der Waals surface area contributed by atoms with Gasteiger partial charge in [0.1, 0.15) is 0 Å². The highest BCUT2D eigenvalue weighted by molar-refractivity contribution is 6.30. The Morgan fingerprint density at radius 2 is 1.75 bits per heavy atom. The maximum absolute atomic E-state index is 12.5. The molecule has 1 atom stereocenters. The topological polar surface area (TPSA) is 49.4 Å². The first-order valence-electron chi connectivity index (χ1n) is 7.87. The molecule has 0 aliphatic carbocycles. The molecule has 0 radical (unpaired) electrons. The molecule has 0 spiro atoms. The van der Waals surface area contributed by atoms with E-state index in [1.165, 1.54) is 0 Å². The smallest absolute Gasteiger partial charge is 0.229 e. The zero-order chi connectivity index (χ0) is 17.3. The van der Waals surface area contributed by atoms with Gasteiger partial charge >= 0.3 is 0 Å². The van der Waals surface area contributed by atoms with Crippen LogP contribution in [0, 0.1) is 19.8 Å². The van der Waals surface area contributed by atoms with Gasteiger partial charge in [-0.1, -0.05) is 17.7 Å². The van der Waals surface area contributed by atoms with Gasteiger partial charge in [0.05, 0.1) is 5.92 Å². The molecule has 2 aromatic rings. The first kappa shape index (κ1) is 16.5. The van der Waals surface area contributed by atoms with Gasteiger partial charge in [0.2, 0.25) is 11.8 Å². The summed E-state index contributed by atoms with van der Waals surface area (Å²) in [6, 6.07) is 13.0. The van der Waals surface area contributed by atoms with Crippen LogP contribution in [0.15, 0.2) is 42.5 Å². The van der Waals surface area contributed by atoms with E-state index in [0.717, 1.165) is 22.5 Å². The second-order valence-electron chi connectivity index (χ2n) is 6.25. The molecule has 1 aliphatic rings. The molecule has 24 heavy (non-hydrogen) atoms. The number of rotatable bonds is 3. The minimum atomic E-state index is -0.353. The molecular weight excluding hydrogens is 324 g/mol. The predicted octanol–water partition coefficient (Wildman–Crippen LogP) is 3.95. The summed E-state index contributed by atoms with van der Waals surface area (Å²) in [5, 5.41) is 3.55. The second kappa shape index (κ2) is 6.65. The summed E-state index contributed by atoms with van der Waals surface area (Å²) in [5.74, 6) is -0.517. The van der Waals surface area contributed by atoms with Gasteiger partial charge in [0.15, 0.2) is 0 Å². The maximum Gasteiger partial charge on any atom is 0.229 e. The van der Waals surface area contributed by atoms with E-state index < -0.39 is 0 Å². The van der Waals surface area contributed by atoms with Crippen molar-refractivity contribution in [3.05, 3.63) is 58.6 Å². The molecule has 5 heteroatoms. The van der Waals surface area contributed by atoms with E-state index in [9.17, 15) is 9.59 Å². The van der Waals surface area contributed by atoms with Crippen LogP contribution in [-0.2, 0) is 9.59 Å². The molecule has 1 N–H and O–H groups in total. The number of hydrogen-bond donors (Lipinski definition) is 1. The van der Waals surface area contributed by atoms with E-state index in [4.69, 9.17) is 11.6 Å². The molecule has 0 saturated carbocycles. The number of benzene rings is 2. The minimum Gasteiger partial charge on any atom is -0.326 e. The summed E-state index contributed by atoms with van der Waals surface area (Å²) >= 11 is 5.88. The van der Waals surface area contributed by atoms with Gasteiger partial charge in [-0.25, -0.2) is 0 Å². The summed E-state index contributed by atoms with van der Waals surface area (Å²) < 4.78 is 0. The maximum atomic E-state index is 12.5.